The van der Waals surface area contributed by atoms with E-state index in [0.29, 0.717) is 41.0 Å². The molecule has 0 atom stereocenters. The van der Waals surface area contributed by atoms with Gasteiger partial charge in [0.25, 0.3) is 5.91 Å². The number of halogens is 2. The van der Waals surface area contributed by atoms with Gasteiger partial charge in [-0.05, 0) is 61.9 Å². The Labute approximate surface area is 211 Å². The fourth-order valence-electron chi connectivity index (χ4n) is 3.06. The number of anilines is 2. The normalized spacial score (nSPS) is 10.5. The summed E-state index contributed by atoms with van der Waals surface area (Å²) in [7, 11) is 0. The number of carbonyl (C=O) groups excluding carboxylic acids is 1. The van der Waals surface area contributed by atoms with E-state index in [9.17, 15) is 14.7 Å². The van der Waals surface area contributed by atoms with Gasteiger partial charge in [-0.1, -0.05) is 45.2 Å². The zero-order valence-electron chi connectivity index (χ0n) is 18.7. The smallest absolute Gasteiger partial charge is 0.335 e. The first-order valence-electron chi connectivity index (χ1n) is 10.5. The second-order valence-corrected chi connectivity index (χ2v) is 8.64. The van der Waals surface area contributed by atoms with E-state index in [0.717, 1.165) is 15.6 Å². The highest BCUT2D eigenvalue weighted by Crippen LogP contribution is 2.35. The number of carboxylic acids is 1. The van der Waals surface area contributed by atoms with Crippen molar-refractivity contribution < 1.29 is 24.2 Å². The van der Waals surface area contributed by atoms with Crippen LogP contribution in [0.5, 0.6) is 11.5 Å². The van der Waals surface area contributed by atoms with E-state index >= 15 is 0 Å². The molecule has 0 spiro atoms. The molecule has 3 aromatic rings. The quantitative estimate of drug-likeness (QED) is 0.282. The molecule has 9 heteroatoms. The van der Waals surface area contributed by atoms with Crippen LogP contribution in [0.15, 0.2) is 59.1 Å². The zero-order chi connectivity index (χ0) is 24.7. The summed E-state index contributed by atoms with van der Waals surface area (Å²) in [4.78, 5) is 23.5. The fourth-order valence-corrected chi connectivity index (χ4v) is 3.70. The van der Waals surface area contributed by atoms with Gasteiger partial charge in [0.05, 0.1) is 22.9 Å². The van der Waals surface area contributed by atoms with E-state index in [4.69, 9.17) is 21.1 Å². The molecule has 0 bridgehead atoms. The molecular formula is C25H24BrClN2O5. The van der Waals surface area contributed by atoms with Crippen molar-refractivity contribution in [1.82, 2.24) is 0 Å². The number of amides is 1. The fraction of sp³-hybridized carbons (Fsp3) is 0.200. The number of benzene rings is 3. The topological polar surface area (TPSA) is 96.9 Å². The number of nitrogens with one attached hydrogen (secondary N) is 2. The standard InChI is InChI=1S/C25H24BrClN2O5/c1-3-33-22-11-17(13-28-21-10-16(25(31)32)6-9-20(21)27)19(26)12-23(22)34-14-24(30)29-18-7-4-15(2)5-8-18/h4-12,28H,3,13-14H2,1-2H3,(H,29,30)(H,31,32). The van der Waals surface area contributed by atoms with Crippen LogP contribution in [-0.2, 0) is 11.3 Å². The number of aromatic carboxylic acids is 1. The van der Waals surface area contributed by atoms with Crippen molar-refractivity contribution in [2.45, 2.75) is 20.4 Å². The highest BCUT2D eigenvalue weighted by Gasteiger charge is 2.14. The molecule has 1 amide bonds. The first-order valence-corrected chi connectivity index (χ1v) is 11.6. The lowest BCUT2D eigenvalue weighted by Crippen LogP contribution is -2.20. The predicted octanol–water partition coefficient (Wildman–Crippen LogP) is 6.14. The van der Waals surface area contributed by atoms with Gasteiger partial charge in [-0.2, -0.15) is 0 Å². The maximum Gasteiger partial charge on any atom is 0.335 e. The lowest BCUT2D eigenvalue weighted by molar-refractivity contribution is -0.118. The Kier molecular flexibility index (Phi) is 8.79. The molecule has 0 heterocycles. The van der Waals surface area contributed by atoms with E-state index in [1.165, 1.54) is 18.2 Å². The van der Waals surface area contributed by atoms with Crippen molar-refractivity contribution in [2.24, 2.45) is 0 Å². The van der Waals surface area contributed by atoms with Crippen molar-refractivity contribution in [3.05, 3.63) is 80.8 Å². The highest BCUT2D eigenvalue weighted by atomic mass is 79.9. The monoisotopic (exact) mass is 546 g/mol. The van der Waals surface area contributed by atoms with Crippen LogP contribution in [0.25, 0.3) is 0 Å². The number of rotatable bonds is 10. The van der Waals surface area contributed by atoms with Gasteiger partial charge in [-0.15, -0.1) is 0 Å². The Hall–Kier alpha value is -3.23. The molecule has 34 heavy (non-hydrogen) atoms. The number of carboxylic acid groups (broad SMARTS) is 1. The summed E-state index contributed by atoms with van der Waals surface area (Å²) >= 11 is 9.73. The minimum absolute atomic E-state index is 0.133. The van der Waals surface area contributed by atoms with Crippen molar-refractivity contribution >= 4 is 50.8 Å². The summed E-state index contributed by atoms with van der Waals surface area (Å²) in [5.74, 6) is -0.424. The Morgan fingerprint density at radius 1 is 1.03 bits per heavy atom. The van der Waals surface area contributed by atoms with Gasteiger partial charge in [0, 0.05) is 16.7 Å². The van der Waals surface area contributed by atoms with Crippen LogP contribution in [0, 0.1) is 6.92 Å². The number of aryl methyl sites for hydroxylation is 1. The Morgan fingerprint density at radius 2 is 1.74 bits per heavy atom. The Balaban J connectivity index is 1.70. The summed E-state index contributed by atoms with van der Waals surface area (Å²) < 4.78 is 12.2. The Morgan fingerprint density at radius 3 is 2.41 bits per heavy atom. The molecule has 0 aliphatic carbocycles. The highest BCUT2D eigenvalue weighted by molar-refractivity contribution is 9.10. The lowest BCUT2D eigenvalue weighted by atomic mass is 10.1. The summed E-state index contributed by atoms with van der Waals surface area (Å²) in [6.07, 6.45) is 0. The summed E-state index contributed by atoms with van der Waals surface area (Å²) in [5, 5.41) is 15.6. The molecule has 3 rings (SSSR count). The lowest BCUT2D eigenvalue weighted by Gasteiger charge is -2.16. The largest absolute Gasteiger partial charge is 0.490 e. The van der Waals surface area contributed by atoms with Crippen molar-refractivity contribution in [1.29, 1.82) is 0 Å². The van der Waals surface area contributed by atoms with Crippen molar-refractivity contribution in [3.63, 3.8) is 0 Å². The van der Waals surface area contributed by atoms with Crippen LogP contribution in [-0.4, -0.2) is 30.2 Å². The van der Waals surface area contributed by atoms with Gasteiger partial charge in [0.1, 0.15) is 0 Å². The SMILES string of the molecule is CCOc1cc(CNc2cc(C(=O)O)ccc2Cl)c(Br)cc1OCC(=O)Nc1ccc(C)cc1. The molecule has 0 saturated carbocycles. The molecule has 0 aliphatic heterocycles. The summed E-state index contributed by atoms with van der Waals surface area (Å²) in [6, 6.07) is 15.5. The maximum atomic E-state index is 12.3. The number of hydrogen-bond donors (Lipinski definition) is 3. The van der Waals surface area contributed by atoms with E-state index in [-0.39, 0.29) is 18.1 Å². The number of hydrogen-bond acceptors (Lipinski definition) is 5. The van der Waals surface area contributed by atoms with Gasteiger partial charge in [-0.25, -0.2) is 4.79 Å². The minimum atomic E-state index is -1.03. The zero-order valence-corrected chi connectivity index (χ0v) is 21.0. The van der Waals surface area contributed by atoms with Gasteiger partial charge in [0.15, 0.2) is 18.1 Å². The van der Waals surface area contributed by atoms with Crippen LogP contribution in [0.3, 0.4) is 0 Å². The third-order valence-corrected chi connectivity index (χ3v) is 5.86. The van der Waals surface area contributed by atoms with Gasteiger partial charge in [0.2, 0.25) is 0 Å². The number of ether oxygens (including phenoxy) is 2. The van der Waals surface area contributed by atoms with E-state index in [2.05, 4.69) is 26.6 Å². The van der Waals surface area contributed by atoms with Crippen LogP contribution in [0.1, 0.15) is 28.4 Å². The van der Waals surface area contributed by atoms with Gasteiger partial charge in [-0.3, -0.25) is 4.79 Å². The second kappa shape index (κ2) is 11.8. The molecule has 0 fully saturated rings. The molecule has 0 unspecified atom stereocenters. The molecule has 0 saturated heterocycles. The molecule has 7 nitrogen and oxygen atoms in total. The van der Waals surface area contributed by atoms with Crippen LogP contribution in [0.2, 0.25) is 5.02 Å². The first kappa shape index (κ1) is 25.4. The van der Waals surface area contributed by atoms with Gasteiger partial charge < -0.3 is 25.2 Å². The molecule has 0 radical (unpaired) electrons. The first-order chi connectivity index (χ1) is 16.3. The summed E-state index contributed by atoms with van der Waals surface area (Å²) in [5.41, 5.74) is 3.26. The van der Waals surface area contributed by atoms with Crippen LogP contribution in [0.4, 0.5) is 11.4 Å². The van der Waals surface area contributed by atoms with Crippen LogP contribution >= 0.6 is 27.5 Å². The van der Waals surface area contributed by atoms with E-state index in [1.54, 1.807) is 12.1 Å². The van der Waals surface area contributed by atoms with Crippen molar-refractivity contribution in [3.8, 4) is 11.5 Å². The van der Waals surface area contributed by atoms with Crippen molar-refractivity contribution in [2.75, 3.05) is 23.8 Å². The second-order valence-electron chi connectivity index (χ2n) is 7.38. The molecule has 3 aromatic carbocycles. The minimum Gasteiger partial charge on any atom is -0.490 e. The third-order valence-electron chi connectivity index (χ3n) is 4.79. The molecule has 3 N–H and O–H groups in total. The summed E-state index contributed by atoms with van der Waals surface area (Å²) in [6.45, 7) is 4.40. The van der Waals surface area contributed by atoms with E-state index < -0.39 is 5.97 Å². The van der Waals surface area contributed by atoms with Gasteiger partial charge >= 0.3 is 5.97 Å². The Bertz CT molecular complexity index is 1180. The average molecular weight is 548 g/mol. The molecule has 0 aliphatic rings. The van der Waals surface area contributed by atoms with Crippen LogP contribution < -0.4 is 20.1 Å². The molecule has 178 valence electrons. The molecule has 0 aromatic heterocycles. The van der Waals surface area contributed by atoms with E-state index in [1.807, 2.05) is 38.1 Å². The predicted molar refractivity (Wildman–Crippen MR) is 136 cm³/mol. The molecular weight excluding hydrogens is 524 g/mol. The average Bonchev–Trinajstić information content (AvgIpc) is 2.80. The third kappa shape index (κ3) is 6.88. The number of carbonyl (C=O) groups is 2. The maximum absolute atomic E-state index is 12.3.